The second kappa shape index (κ2) is 5.75. The van der Waals surface area contributed by atoms with Gasteiger partial charge in [0.2, 0.25) is 0 Å². The van der Waals surface area contributed by atoms with Crippen LogP contribution in [0.15, 0.2) is 47.6 Å². The molecule has 0 fully saturated rings. The van der Waals surface area contributed by atoms with Crippen molar-refractivity contribution < 1.29 is 13.3 Å². The van der Waals surface area contributed by atoms with Gasteiger partial charge in [0.05, 0.1) is 22.5 Å². The zero-order chi connectivity index (χ0) is 15.5. The molecule has 0 bridgehead atoms. The lowest BCUT2D eigenvalue weighted by Gasteiger charge is -2.11. The van der Waals surface area contributed by atoms with Crippen LogP contribution in [0.25, 0.3) is 0 Å². The number of hydrogen-bond donors (Lipinski definition) is 2. The van der Waals surface area contributed by atoms with Crippen LogP contribution in [0.3, 0.4) is 0 Å². The Morgan fingerprint density at radius 2 is 2.05 bits per heavy atom. The molecule has 0 saturated carbocycles. The molecule has 0 atom stereocenters. The minimum atomic E-state index is -3.97. The molecule has 0 unspecified atom stereocenters. The summed E-state index contributed by atoms with van der Waals surface area (Å²) in [4.78, 5) is 13.7. The average molecular weight is 308 g/mol. The first-order chi connectivity index (χ1) is 9.94. The SMILES string of the molecule is CNc1ccc([N+](=O)[O-])cc1S(=O)(=O)Nc1cccnc1. The van der Waals surface area contributed by atoms with E-state index in [1.807, 2.05) is 0 Å². The first kappa shape index (κ1) is 14.7. The van der Waals surface area contributed by atoms with Gasteiger partial charge in [-0.2, -0.15) is 0 Å². The van der Waals surface area contributed by atoms with Crippen LogP contribution in [0.4, 0.5) is 17.1 Å². The van der Waals surface area contributed by atoms with Crippen LogP contribution in [-0.2, 0) is 10.0 Å². The van der Waals surface area contributed by atoms with Crippen LogP contribution >= 0.6 is 0 Å². The predicted molar refractivity (Wildman–Crippen MR) is 77.7 cm³/mol. The highest BCUT2D eigenvalue weighted by molar-refractivity contribution is 7.92. The van der Waals surface area contributed by atoms with E-state index in [0.717, 1.165) is 6.07 Å². The first-order valence-electron chi connectivity index (χ1n) is 5.83. The molecule has 2 rings (SSSR count). The summed E-state index contributed by atoms with van der Waals surface area (Å²) in [6, 6.07) is 6.68. The summed E-state index contributed by atoms with van der Waals surface area (Å²) >= 11 is 0. The van der Waals surface area contributed by atoms with Gasteiger partial charge in [0.15, 0.2) is 0 Å². The van der Waals surface area contributed by atoms with Gasteiger partial charge in [0.25, 0.3) is 15.7 Å². The third-order valence-corrected chi connectivity index (χ3v) is 4.07. The fourth-order valence-electron chi connectivity index (χ4n) is 1.69. The molecule has 0 amide bonds. The molecule has 110 valence electrons. The van der Waals surface area contributed by atoms with E-state index < -0.39 is 14.9 Å². The number of anilines is 2. The number of nitro benzene ring substituents is 1. The van der Waals surface area contributed by atoms with E-state index in [1.165, 1.54) is 37.6 Å². The lowest BCUT2D eigenvalue weighted by Crippen LogP contribution is -2.15. The topological polar surface area (TPSA) is 114 Å². The molecule has 9 heteroatoms. The summed E-state index contributed by atoms with van der Waals surface area (Å²) < 4.78 is 27.0. The number of nitrogens with one attached hydrogen (secondary N) is 2. The maximum atomic E-state index is 12.4. The second-order valence-corrected chi connectivity index (χ2v) is 5.69. The molecule has 2 aromatic rings. The molecule has 0 aliphatic carbocycles. The number of benzene rings is 1. The highest BCUT2D eigenvalue weighted by atomic mass is 32.2. The van der Waals surface area contributed by atoms with Crippen molar-refractivity contribution in [3.8, 4) is 0 Å². The van der Waals surface area contributed by atoms with Gasteiger partial charge in [-0.1, -0.05) is 0 Å². The summed E-state index contributed by atoms with van der Waals surface area (Å²) in [7, 11) is -2.44. The largest absolute Gasteiger partial charge is 0.387 e. The van der Waals surface area contributed by atoms with Crippen molar-refractivity contribution in [1.82, 2.24) is 4.98 Å². The monoisotopic (exact) mass is 308 g/mol. The molecule has 1 aromatic heterocycles. The number of nitro groups is 1. The number of aromatic nitrogens is 1. The summed E-state index contributed by atoms with van der Waals surface area (Å²) in [6.07, 6.45) is 2.85. The minimum absolute atomic E-state index is 0.206. The normalized spacial score (nSPS) is 10.9. The van der Waals surface area contributed by atoms with E-state index in [9.17, 15) is 18.5 Å². The summed E-state index contributed by atoms with van der Waals surface area (Å²) in [5.74, 6) is 0. The van der Waals surface area contributed by atoms with Crippen LogP contribution in [0.5, 0.6) is 0 Å². The fraction of sp³-hybridized carbons (Fsp3) is 0.0833. The molecule has 0 radical (unpaired) electrons. The van der Waals surface area contributed by atoms with Gasteiger partial charge in [0.1, 0.15) is 4.90 Å². The molecule has 0 aliphatic rings. The van der Waals surface area contributed by atoms with E-state index in [-0.39, 0.29) is 22.0 Å². The molecule has 0 spiro atoms. The minimum Gasteiger partial charge on any atom is -0.387 e. The van der Waals surface area contributed by atoms with Crippen molar-refractivity contribution in [2.24, 2.45) is 0 Å². The maximum absolute atomic E-state index is 12.4. The van der Waals surface area contributed by atoms with E-state index in [2.05, 4.69) is 15.0 Å². The van der Waals surface area contributed by atoms with Gasteiger partial charge in [-0.15, -0.1) is 0 Å². The van der Waals surface area contributed by atoms with Crippen LogP contribution in [0.2, 0.25) is 0 Å². The number of rotatable bonds is 5. The summed E-state index contributed by atoms with van der Waals surface area (Å²) in [6.45, 7) is 0. The lowest BCUT2D eigenvalue weighted by molar-refractivity contribution is -0.385. The van der Waals surface area contributed by atoms with Crippen LogP contribution < -0.4 is 10.0 Å². The predicted octanol–water partition coefficient (Wildman–Crippen LogP) is 1.83. The Morgan fingerprint density at radius 1 is 1.29 bits per heavy atom. The number of sulfonamides is 1. The first-order valence-corrected chi connectivity index (χ1v) is 7.31. The molecule has 0 aliphatic heterocycles. The van der Waals surface area contributed by atoms with E-state index >= 15 is 0 Å². The molecular weight excluding hydrogens is 296 g/mol. The Balaban J connectivity index is 2.48. The third-order valence-electron chi connectivity index (χ3n) is 2.65. The van der Waals surface area contributed by atoms with Crippen molar-refractivity contribution in [3.63, 3.8) is 0 Å². The van der Waals surface area contributed by atoms with E-state index in [0.29, 0.717) is 0 Å². The van der Waals surface area contributed by atoms with Crippen LogP contribution in [-0.4, -0.2) is 25.4 Å². The fourth-order valence-corrected chi connectivity index (χ4v) is 2.96. The molecule has 1 aromatic carbocycles. The van der Waals surface area contributed by atoms with E-state index in [4.69, 9.17) is 0 Å². The van der Waals surface area contributed by atoms with Crippen molar-refractivity contribution in [3.05, 3.63) is 52.8 Å². The number of non-ortho nitro benzene ring substituents is 1. The van der Waals surface area contributed by atoms with Crippen molar-refractivity contribution in [2.45, 2.75) is 4.90 Å². The standard InChI is InChI=1S/C12H12N4O4S/c1-13-11-5-4-10(16(17)18)7-12(11)21(19,20)15-9-3-2-6-14-8-9/h2-8,13,15H,1H3. The van der Waals surface area contributed by atoms with Crippen LogP contribution in [0, 0.1) is 10.1 Å². The highest BCUT2D eigenvalue weighted by Gasteiger charge is 2.22. The summed E-state index contributed by atoms with van der Waals surface area (Å²) in [5, 5.41) is 13.5. The van der Waals surface area contributed by atoms with Gasteiger partial charge in [-0.05, 0) is 18.2 Å². The smallest absolute Gasteiger partial charge is 0.270 e. The Labute approximate surface area is 121 Å². The molecule has 2 N–H and O–H groups in total. The zero-order valence-electron chi connectivity index (χ0n) is 11.0. The maximum Gasteiger partial charge on any atom is 0.270 e. The zero-order valence-corrected chi connectivity index (χ0v) is 11.8. The van der Waals surface area contributed by atoms with Crippen molar-refractivity contribution in [1.29, 1.82) is 0 Å². The van der Waals surface area contributed by atoms with Gasteiger partial charge in [-0.3, -0.25) is 19.8 Å². The second-order valence-electron chi connectivity index (χ2n) is 4.03. The molecule has 8 nitrogen and oxygen atoms in total. The lowest BCUT2D eigenvalue weighted by atomic mass is 10.3. The Bertz CT molecular complexity index is 762. The van der Waals surface area contributed by atoms with Gasteiger partial charge in [-0.25, -0.2) is 8.42 Å². The number of hydrogen-bond acceptors (Lipinski definition) is 6. The van der Waals surface area contributed by atoms with Gasteiger partial charge < -0.3 is 5.32 Å². The number of pyridine rings is 1. The quantitative estimate of drug-likeness (QED) is 0.643. The Kier molecular flexibility index (Phi) is 4.03. The van der Waals surface area contributed by atoms with Crippen LogP contribution in [0.1, 0.15) is 0 Å². The third kappa shape index (κ3) is 3.26. The van der Waals surface area contributed by atoms with Crippen molar-refractivity contribution in [2.75, 3.05) is 17.1 Å². The van der Waals surface area contributed by atoms with E-state index in [1.54, 1.807) is 6.07 Å². The highest BCUT2D eigenvalue weighted by Crippen LogP contribution is 2.27. The average Bonchev–Trinajstić information content (AvgIpc) is 2.47. The Morgan fingerprint density at radius 3 is 2.62 bits per heavy atom. The molecule has 1 heterocycles. The number of nitrogens with zero attached hydrogens (tertiary/aromatic N) is 2. The van der Waals surface area contributed by atoms with Gasteiger partial charge in [0, 0.05) is 25.4 Å². The van der Waals surface area contributed by atoms with Gasteiger partial charge >= 0.3 is 0 Å². The molecular formula is C12H12N4O4S. The Hall–Kier alpha value is -2.68. The molecule has 21 heavy (non-hydrogen) atoms. The van der Waals surface area contributed by atoms with Crippen molar-refractivity contribution >= 4 is 27.1 Å². The summed E-state index contributed by atoms with van der Waals surface area (Å²) in [5.41, 5.74) is 0.226. The molecule has 0 saturated heterocycles.